The van der Waals surface area contributed by atoms with Crippen molar-refractivity contribution in [3.8, 4) is 0 Å². The number of carbonyl (C=O) groups is 2. The number of nitrogens with one attached hydrogen (secondary N) is 1. The van der Waals surface area contributed by atoms with Crippen molar-refractivity contribution in [2.45, 2.75) is 83.1 Å². The van der Waals surface area contributed by atoms with Gasteiger partial charge in [0.1, 0.15) is 5.15 Å². The Morgan fingerprint density at radius 3 is 2.22 bits per heavy atom. The Balaban J connectivity index is 1.35. The van der Waals surface area contributed by atoms with Crippen LogP contribution in [0.3, 0.4) is 0 Å². The van der Waals surface area contributed by atoms with Crippen LogP contribution in [0.5, 0.6) is 0 Å². The molecule has 220 valence electrons. The molecule has 1 fully saturated rings. The fraction of sp³-hybridized carbons (Fsp3) is 0.433. The average Bonchev–Trinajstić information content (AvgIpc) is 3.30. The largest absolute Gasteiger partial charge is 0.481 e. The van der Waals surface area contributed by atoms with Gasteiger partial charge >= 0.3 is 5.97 Å². The van der Waals surface area contributed by atoms with Crippen molar-refractivity contribution in [1.29, 1.82) is 0 Å². The van der Waals surface area contributed by atoms with Crippen molar-refractivity contribution in [2.24, 2.45) is 0 Å². The van der Waals surface area contributed by atoms with E-state index in [0.29, 0.717) is 37.5 Å². The normalized spacial score (nSPS) is 18.8. The molecule has 3 N–H and O–H groups in total. The zero-order chi connectivity index (χ0) is 29.2. The van der Waals surface area contributed by atoms with Gasteiger partial charge in [-0.15, -0.1) is 0 Å². The smallest absolute Gasteiger partial charge is 0.303 e. The highest BCUT2D eigenvalue weighted by atomic mass is 35.5. The number of nitrogens with zero attached hydrogens (tertiary/aromatic N) is 2. The van der Waals surface area contributed by atoms with E-state index in [1.54, 1.807) is 10.9 Å². The van der Waals surface area contributed by atoms with Crippen LogP contribution in [0.2, 0.25) is 10.3 Å². The predicted octanol–water partition coefficient (Wildman–Crippen LogP) is 5.97. The molecular formula is C30H35Cl2N3O6. The number of carboxylic acids is 1. The van der Waals surface area contributed by atoms with E-state index in [1.807, 2.05) is 48.5 Å². The molecule has 1 aromatic heterocycles. The minimum Gasteiger partial charge on any atom is -0.481 e. The first kappa shape index (κ1) is 31.0. The molecule has 2 aromatic carbocycles. The van der Waals surface area contributed by atoms with Crippen molar-refractivity contribution in [1.82, 2.24) is 14.9 Å². The molecule has 3 atom stereocenters. The number of carboxylic acid groups (broad SMARTS) is 1. The van der Waals surface area contributed by atoms with Gasteiger partial charge in [0.15, 0.2) is 11.4 Å². The Hall–Kier alpha value is -2.95. The van der Waals surface area contributed by atoms with E-state index < -0.39 is 12.3 Å². The quantitative estimate of drug-likeness (QED) is 0.194. The Labute approximate surface area is 249 Å². The minimum atomic E-state index is -0.784. The molecule has 1 aliphatic heterocycles. The summed E-state index contributed by atoms with van der Waals surface area (Å²) in [4.78, 5) is 26.8. The Morgan fingerprint density at radius 2 is 1.59 bits per heavy atom. The third-order valence-electron chi connectivity index (χ3n) is 7.03. The number of aliphatic hydroxyl groups is 1. The Kier molecular flexibility index (Phi) is 11.6. The van der Waals surface area contributed by atoms with Crippen molar-refractivity contribution in [3.63, 3.8) is 0 Å². The number of imidazole rings is 1. The van der Waals surface area contributed by atoms with E-state index in [-0.39, 0.29) is 36.3 Å². The summed E-state index contributed by atoms with van der Waals surface area (Å²) < 4.78 is 14.5. The van der Waals surface area contributed by atoms with Crippen LogP contribution in [0.15, 0.2) is 54.9 Å². The monoisotopic (exact) mass is 603 g/mol. The number of rotatable bonds is 14. The molecule has 0 spiro atoms. The van der Waals surface area contributed by atoms with Crippen LogP contribution in [-0.4, -0.2) is 37.7 Å². The lowest BCUT2D eigenvalue weighted by Gasteiger charge is -2.36. The first-order valence-electron chi connectivity index (χ1n) is 13.8. The number of aliphatic hydroxyl groups excluding tert-OH is 1. The standard InChI is InChI=1S/C30H35Cl2N3O6/c31-28-29(32)35(19-34-28)17-24-15-25(22-11-9-21(18-36)10-12-22)41-30(40-24)23-13-7-20(8-14-23)16-33-26(37)5-3-1-2-4-6-27(38)39/h7-14,19,24-25,30,36H,1-6,15-18H2,(H,33,37)(H,38,39)/t24-,25+,30+/m1/s1. The maximum absolute atomic E-state index is 12.2. The summed E-state index contributed by atoms with van der Waals surface area (Å²) in [5, 5.41) is 21.6. The number of hydrogen-bond acceptors (Lipinski definition) is 6. The second-order valence-electron chi connectivity index (χ2n) is 10.2. The average molecular weight is 605 g/mol. The van der Waals surface area contributed by atoms with Gasteiger partial charge in [0.25, 0.3) is 0 Å². The highest BCUT2D eigenvalue weighted by Crippen LogP contribution is 2.39. The van der Waals surface area contributed by atoms with Gasteiger partial charge in [0, 0.05) is 31.4 Å². The van der Waals surface area contributed by atoms with E-state index >= 15 is 0 Å². The zero-order valence-electron chi connectivity index (χ0n) is 22.7. The van der Waals surface area contributed by atoms with Crippen LogP contribution in [0.25, 0.3) is 0 Å². The number of aromatic nitrogens is 2. The van der Waals surface area contributed by atoms with Crippen LogP contribution in [0, 0.1) is 0 Å². The molecular weight excluding hydrogens is 569 g/mol. The zero-order valence-corrected chi connectivity index (χ0v) is 24.2. The van der Waals surface area contributed by atoms with Gasteiger partial charge in [-0.25, -0.2) is 4.98 Å². The molecule has 1 saturated heterocycles. The maximum atomic E-state index is 12.2. The lowest BCUT2D eigenvalue weighted by atomic mass is 10.00. The van der Waals surface area contributed by atoms with E-state index in [9.17, 15) is 14.7 Å². The van der Waals surface area contributed by atoms with Crippen LogP contribution >= 0.6 is 23.2 Å². The first-order chi connectivity index (χ1) is 19.8. The second kappa shape index (κ2) is 15.3. The number of unbranched alkanes of at least 4 members (excludes halogenated alkanes) is 3. The molecule has 0 aliphatic carbocycles. The predicted molar refractivity (Wildman–Crippen MR) is 154 cm³/mol. The molecule has 1 amide bonds. The molecule has 0 unspecified atom stereocenters. The molecule has 2 heterocycles. The number of ether oxygens (including phenoxy) is 2. The van der Waals surface area contributed by atoms with Gasteiger partial charge in [-0.2, -0.15) is 0 Å². The fourth-order valence-corrected chi connectivity index (χ4v) is 5.03. The van der Waals surface area contributed by atoms with Gasteiger partial charge in [0.05, 0.1) is 31.7 Å². The SMILES string of the molecule is O=C(O)CCCCCCC(=O)NCc1ccc([C@H]2O[C@@H](Cn3cnc(Cl)c3Cl)C[C@@H](c3ccc(CO)cc3)O2)cc1. The summed E-state index contributed by atoms with van der Waals surface area (Å²) in [5.74, 6) is -0.810. The van der Waals surface area contributed by atoms with Crippen LogP contribution < -0.4 is 5.32 Å². The molecule has 9 nitrogen and oxygen atoms in total. The first-order valence-corrected chi connectivity index (χ1v) is 14.5. The number of benzene rings is 2. The van der Waals surface area contributed by atoms with E-state index in [4.69, 9.17) is 37.8 Å². The van der Waals surface area contributed by atoms with Crippen LogP contribution in [0.4, 0.5) is 0 Å². The minimum absolute atomic E-state index is 0.0255. The lowest BCUT2D eigenvalue weighted by Crippen LogP contribution is -2.32. The third kappa shape index (κ3) is 9.28. The van der Waals surface area contributed by atoms with Crippen molar-refractivity contribution in [3.05, 3.63) is 87.4 Å². The Morgan fingerprint density at radius 1 is 0.927 bits per heavy atom. The van der Waals surface area contributed by atoms with Crippen LogP contribution in [0.1, 0.15) is 79.6 Å². The number of amides is 1. The summed E-state index contributed by atoms with van der Waals surface area (Å²) in [6.45, 7) is 0.835. The molecule has 11 heteroatoms. The van der Waals surface area contributed by atoms with Gasteiger partial charge in [-0.1, -0.05) is 84.6 Å². The fourth-order valence-electron chi connectivity index (χ4n) is 4.72. The number of halogens is 2. The van der Waals surface area contributed by atoms with E-state index in [1.165, 1.54) is 0 Å². The Bertz CT molecular complexity index is 1280. The molecule has 41 heavy (non-hydrogen) atoms. The molecule has 1 aliphatic rings. The molecule has 0 radical (unpaired) electrons. The van der Waals surface area contributed by atoms with Gasteiger partial charge in [0.2, 0.25) is 5.91 Å². The number of carbonyl (C=O) groups excluding carboxylic acids is 1. The number of hydrogen-bond donors (Lipinski definition) is 3. The van der Waals surface area contributed by atoms with Gasteiger partial charge < -0.3 is 29.6 Å². The van der Waals surface area contributed by atoms with Crippen molar-refractivity contribution in [2.75, 3.05) is 0 Å². The van der Waals surface area contributed by atoms with E-state index in [2.05, 4.69) is 10.3 Å². The van der Waals surface area contributed by atoms with Crippen molar-refractivity contribution < 1.29 is 29.3 Å². The maximum Gasteiger partial charge on any atom is 0.303 e. The summed E-state index contributed by atoms with van der Waals surface area (Å²) in [6, 6.07) is 15.4. The molecule has 0 bridgehead atoms. The van der Waals surface area contributed by atoms with Crippen molar-refractivity contribution >= 4 is 35.1 Å². The summed E-state index contributed by atoms with van der Waals surface area (Å²) in [7, 11) is 0. The molecule has 3 aromatic rings. The molecule has 4 rings (SSSR count). The topological polar surface area (TPSA) is 123 Å². The second-order valence-corrected chi connectivity index (χ2v) is 10.9. The molecule has 0 saturated carbocycles. The third-order valence-corrected chi connectivity index (χ3v) is 7.80. The van der Waals surface area contributed by atoms with Gasteiger partial charge in [-0.3, -0.25) is 9.59 Å². The summed E-state index contributed by atoms with van der Waals surface area (Å²) >= 11 is 12.3. The van der Waals surface area contributed by atoms with Crippen LogP contribution in [-0.2, 0) is 38.8 Å². The lowest BCUT2D eigenvalue weighted by molar-refractivity contribution is -0.252. The summed E-state index contributed by atoms with van der Waals surface area (Å²) in [5.41, 5.74) is 3.61. The number of aliphatic carboxylic acids is 1. The summed E-state index contributed by atoms with van der Waals surface area (Å²) in [6.07, 6.45) is 4.69. The van der Waals surface area contributed by atoms with E-state index in [0.717, 1.165) is 41.5 Å². The highest BCUT2D eigenvalue weighted by Gasteiger charge is 2.32. The highest BCUT2D eigenvalue weighted by molar-refractivity contribution is 6.40. The van der Waals surface area contributed by atoms with Gasteiger partial charge in [-0.05, 0) is 29.5 Å².